The van der Waals surface area contributed by atoms with E-state index in [1.54, 1.807) is 11.0 Å². The number of carbonyl (C=O) groups is 1. The number of nitrogens with zero attached hydrogens (tertiary/aromatic N) is 2. The lowest BCUT2D eigenvalue weighted by Crippen LogP contribution is -2.34. The predicted molar refractivity (Wildman–Crippen MR) is 134 cm³/mol. The number of amides is 1. The molecule has 1 aromatic heterocycles. The number of fused-ring (bicyclic) bond motifs is 2. The van der Waals surface area contributed by atoms with Crippen LogP contribution in [0.2, 0.25) is 0 Å². The topological polar surface area (TPSA) is 55.6 Å². The third-order valence-electron chi connectivity index (χ3n) is 7.84. The van der Waals surface area contributed by atoms with Crippen molar-refractivity contribution in [1.29, 1.82) is 0 Å². The highest BCUT2D eigenvalue weighted by atomic mass is 19.1. The van der Waals surface area contributed by atoms with Crippen molar-refractivity contribution in [2.75, 3.05) is 20.2 Å². The van der Waals surface area contributed by atoms with Crippen molar-refractivity contribution in [3.05, 3.63) is 59.0 Å². The van der Waals surface area contributed by atoms with Gasteiger partial charge in [0.15, 0.2) is 5.58 Å². The third kappa shape index (κ3) is 5.52. The predicted octanol–water partition coefficient (Wildman–Crippen LogP) is 6.90. The summed E-state index contributed by atoms with van der Waals surface area (Å²) in [6.45, 7) is 1.47. The zero-order valence-electron chi connectivity index (χ0n) is 20.6. The number of unbranched alkanes of at least 4 members (excludes halogenated alkanes) is 2. The SMILES string of the molecule is CN1CCc2ccc(OCCCCCC3CCCC(c4noc5cc(F)ccc45)CC3)cc2C1=O. The minimum atomic E-state index is -0.280. The Balaban J connectivity index is 1.03. The van der Waals surface area contributed by atoms with E-state index in [0.29, 0.717) is 18.1 Å². The summed E-state index contributed by atoms with van der Waals surface area (Å²) in [6, 6.07) is 10.7. The molecule has 3 aromatic rings. The van der Waals surface area contributed by atoms with Crippen LogP contribution in [-0.2, 0) is 6.42 Å². The average molecular weight is 479 g/mol. The number of likely N-dealkylation sites (N-methyl/N-ethyl adjacent to an activating group) is 1. The van der Waals surface area contributed by atoms with Crippen molar-refractivity contribution in [2.24, 2.45) is 5.92 Å². The van der Waals surface area contributed by atoms with Crippen LogP contribution in [0.5, 0.6) is 5.75 Å². The fraction of sp³-hybridized carbons (Fsp3) is 0.517. The van der Waals surface area contributed by atoms with E-state index in [1.165, 1.54) is 44.2 Å². The quantitative estimate of drug-likeness (QED) is 0.261. The van der Waals surface area contributed by atoms with Crippen molar-refractivity contribution in [3.8, 4) is 5.75 Å². The molecule has 1 amide bonds. The van der Waals surface area contributed by atoms with Gasteiger partial charge in [-0.1, -0.05) is 43.3 Å². The summed E-state index contributed by atoms with van der Waals surface area (Å²) in [5.41, 5.74) is 3.47. The van der Waals surface area contributed by atoms with Gasteiger partial charge in [0, 0.05) is 36.5 Å². The molecule has 1 fully saturated rings. The molecule has 2 aromatic carbocycles. The summed E-state index contributed by atoms with van der Waals surface area (Å²) in [4.78, 5) is 14.1. The molecule has 2 atom stereocenters. The largest absolute Gasteiger partial charge is 0.494 e. The van der Waals surface area contributed by atoms with E-state index < -0.39 is 0 Å². The molecular weight excluding hydrogens is 443 g/mol. The number of rotatable bonds is 8. The fourth-order valence-corrected chi connectivity index (χ4v) is 5.73. The Hall–Kier alpha value is -2.89. The Bertz CT molecular complexity index is 1170. The van der Waals surface area contributed by atoms with Gasteiger partial charge in [0.1, 0.15) is 11.6 Å². The number of hydrogen-bond donors (Lipinski definition) is 0. The molecule has 1 saturated carbocycles. The minimum Gasteiger partial charge on any atom is -0.494 e. The highest BCUT2D eigenvalue weighted by Gasteiger charge is 2.24. The molecule has 0 saturated heterocycles. The smallest absolute Gasteiger partial charge is 0.254 e. The lowest BCUT2D eigenvalue weighted by atomic mass is 9.91. The standard InChI is InChI=1S/C29H35FN2O3/c1-32-16-15-21-11-13-24(19-26(21)29(32)33)34-17-4-2-3-6-20-7-5-8-22(10-9-20)28-25-14-12-23(30)18-27(25)35-31-28/h11-14,18-20,22H,2-10,15-17H2,1H3. The molecule has 1 aliphatic heterocycles. The maximum absolute atomic E-state index is 13.5. The van der Waals surface area contributed by atoms with Crippen molar-refractivity contribution >= 4 is 16.9 Å². The Morgan fingerprint density at radius 2 is 2.00 bits per heavy atom. The Labute approximate surface area is 206 Å². The lowest BCUT2D eigenvalue weighted by Gasteiger charge is -2.25. The average Bonchev–Trinajstić information content (AvgIpc) is 3.13. The number of hydrogen-bond acceptors (Lipinski definition) is 4. The van der Waals surface area contributed by atoms with Gasteiger partial charge in [-0.05, 0) is 67.9 Å². The van der Waals surface area contributed by atoms with Crippen LogP contribution >= 0.6 is 0 Å². The van der Waals surface area contributed by atoms with Crippen LogP contribution in [0, 0.1) is 11.7 Å². The van der Waals surface area contributed by atoms with Crippen molar-refractivity contribution in [3.63, 3.8) is 0 Å². The highest BCUT2D eigenvalue weighted by molar-refractivity contribution is 5.97. The van der Waals surface area contributed by atoms with Gasteiger partial charge in [-0.25, -0.2) is 4.39 Å². The summed E-state index contributed by atoms with van der Waals surface area (Å²) in [5, 5.41) is 5.27. The second-order valence-corrected chi connectivity index (χ2v) is 10.3. The molecule has 0 N–H and O–H groups in total. The van der Waals surface area contributed by atoms with Crippen LogP contribution < -0.4 is 4.74 Å². The van der Waals surface area contributed by atoms with E-state index >= 15 is 0 Å². The molecule has 0 radical (unpaired) electrons. The van der Waals surface area contributed by atoms with E-state index in [4.69, 9.17) is 9.26 Å². The number of halogens is 1. The first-order valence-electron chi connectivity index (χ1n) is 13.1. The lowest BCUT2D eigenvalue weighted by molar-refractivity contribution is 0.0780. The molecule has 1 aliphatic carbocycles. The van der Waals surface area contributed by atoms with Crippen molar-refractivity contribution in [2.45, 2.75) is 70.1 Å². The van der Waals surface area contributed by atoms with E-state index in [2.05, 4.69) is 5.16 Å². The second kappa shape index (κ2) is 10.8. The zero-order chi connectivity index (χ0) is 24.2. The molecule has 0 spiro atoms. The van der Waals surface area contributed by atoms with Gasteiger partial charge < -0.3 is 14.2 Å². The molecule has 6 heteroatoms. The van der Waals surface area contributed by atoms with Crippen LogP contribution in [-0.4, -0.2) is 36.2 Å². The van der Waals surface area contributed by atoms with E-state index in [0.717, 1.165) is 72.5 Å². The number of ether oxygens (including phenoxy) is 1. The van der Waals surface area contributed by atoms with Gasteiger partial charge in [0.25, 0.3) is 5.91 Å². The summed E-state index contributed by atoms with van der Waals surface area (Å²) >= 11 is 0. The first kappa shape index (κ1) is 23.8. The zero-order valence-corrected chi connectivity index (χ0v) is 20.6. The molecule has 2 aliphatic rings. The fourth-order valence-electron chi connectivity index (χ4n) is 5.73. The minimum absolute atomic E-state index is 0.0907. The van der Waals surface area contributed by atoms with Crippen LogP contribution in [0.4, 0.5) is 4.39 Å². The first-order valence-corrected chi connectivity index (χ1v) is 13.1. The molecule has 35 heavy (non-hydrogen) atoms. The first-order chi connectivity index (χ1) is 17.1. The summed E-state index contributed by atoms with van der Waals surface area (Å²) in [5.74, 6) is 1.78. The van der Waals surface area contributed by atoms with Crippen molar-refractivity contribution in [1.82, 2.24) is 10.1 Å². The van der Waals surface area contributed by atoms with Crippen LogP contribution in [0.1, 0.15) is 85.3 Å². The molecule has 0 bridgehead atoms. The van der Waals surface area contributed by atoms with Gasteiger partial charge in [0.05, 0.1) is 12.3 Å². The van der Waals surface area contributed by atoms with Crippen LogP contribution in [0.25, 0.3) is 11.0 Å². The molecule has 186 valence electrons. The van der Waals surface area contributed by atoms with Gasteiger partial charge in [0.2, 0.25) is 0 Å². The maximum atomic E-state index is 13.5. The molecule has 5 rings (SSSR count). The normalized spacial score (nSPS) is 20.6. The van der Waals surface area contributed by atoms with E-state index in [1.807, 2.05) is 25.2 Å². The molecule has 2 unspecified atom stereocenters. The van der Waals surface area contributed by atoms with Gasteiger partial charge in [-0.3, -0.25) is 4.79 Å². The van der Waals surface area contributed by atoms with Gasteiger partial charge in [-0.2, -0.15) is 0 Å². The van der Waals surface area contributed by atoms with E-state index in [9.17, 15) is 9.18 Å². The maximum Gasteiger partial charge on any atom is 0.254 e. The number of aromatic nitrogens is 1. The van der Waals surface area contributed by atoms with Crippen LogP contribution in [0.15, 0.2) is 40.9 Å². The number of benzene rings is 2. The monoisotopic (exact) mass is 478 g/mol. The Kier molecular flexibility index (Phi) is 7.35. The van der Waals surface area contributed by atoms with Gasteiger partial charge in [-0.15, -0.1) is 0 Å². The van der Waals surface area contributed by atoms with Crippen molar-refractivity contribution < 1.29 is 18.4 Å². The highest BCUT2D eigenvalue weighted by Crippen LogP contribution is 2.38. The van der Waals surface area contributed by atoms with Crippen LogP contribution in [0.3, 0.4) is 0 Å². The molecule has 5 nitrogen and oxygen atoms in total. The van der Waals surface area contributed by atoms with E-state index in [-0.39, 0.29) is 11.7 Å². The Morgan fingerprint density at radius 3 is 2.91 bits per heavy atom. The Morgan fingerprint density at radius 1 is 1.09 bits per heavy atom. The summed E-state index contributed by atoms with van der Waals surface area (Å²) < 4.78 is 24.8. The summed E-state index contributed by atoms with van der Waals surface area (Å²) in [6.07, 6.45) is 11.5. The second-order valence-electron chi connectivity index (χ2n) is 10.3. The third-order valence-corrected chi connectivity index (χ3v) is 7.84. The summed E-state index contributed by atoms with van der Waals surface area (Å²) in [7, 11) is 1.85. The number of carbonyl (C=O) groups excluding carboxylic acids is 1. The molecule has 2 heterocycles. The van der Waals surface area contributed by atoms with Gasteiger partial charge >= 0.3 is 0 Å². The molecular formula is C29H35FN2O3.